The van der Waals surface area contributed by atoms with E-state index in [1.165, 1.54) is 0 Å². The average Bonchev–Trinajstić information content (AvgIpc) is 2.28. The molecule has 0 unspecified atom stereocenters. The van der Waals surface area contributed by atoms with Gasteiger partial charge in [-0.25, -0.2) is 4.98 Å². The summed E-state index contributed by atoms with van der Waals surface area (Å²) in [5.41, 5.74) is 7.56. The van der Waals surface area contributed by atoms with E-state index in [9.17, 15) is 0 Å². The number of benzene rings is 1. The van der Waals surface area contributed by atoms with E-state index in [1.54, 1.807) is 0 Å². The number of hydrogen-bond donors (Lipinski definition) is 1. The van der Waals surface area contributed by atoms with Gasteiger partial charge in [0, 0.05) is 21.9 Å². The van der Waals surface area contributed by atoms with Gasteiger partial charge in [-0.15, -0.1) is 0 Å². The summed E-state index contributed by atoms with van der Waals surface area (Å²) in [5, 5.41) is 0. The Hall–Kier alpha value is -1.14. The lowest BCUT2D eigenvalue weighted by Gasteiger charge is -2.07. The van der Waals surface area contributed by atoms with Gasteiger partial charge in [-0.2, -0.15) is 0 Å². The quantitative estimate of drug-likeness (QED) is 0.873. The molecule has 4 heteroatoms. The summed E-state index contributed by atoms with van der Waals surface area (Å²) >= 11 is 2.25. The molecule has 0 aliphatic rings. The van der Waals surface area contributed by atoms with Crippen molar-refractivity contribution in [2.75, 3.05) is 0 Å². The first-order chi connectivity index (χ1) is 8.17. The fourth-order valence-electron chi connectivity index (χ4n) is 1.53. The molecule has 88 valence electrons. The third-order valence-electron chi connectivity index (χ3n) is 2.24. The average molecular weight is 340 g/mol. The number of halogens is 1. The number of rotatable bonds is 3. The maximum absolute atomic E-state index is 5.71. The highest BCUT2D eigenvalue weighted by atomic mass is 127. The standard InChI is InChI=1S/C13H13IN2O/c1-9-5-10(8-15)6-13(16-9)17-12-4-2-3-11(14)7-12/h2-7H,8,15H2,1H3. The first-order valence-electron chi connectivity index (χ1n) is 5.28. The maximum atomic E-state index is 5.71. The first kappa shape index (κ1) is 12.3. The zero-order valence-corrected chi connectivity index (χ0v) is 11.6. The zero-order chi connectivity index (χ0) is 12.3. The fourth-order valence-corrected chi connectivity index (χ4v) is 2.04. The lowest BCUT2D eigenvalue weighted by atomic mass is 10.2. The van der Waals surface area contributed by atoms with Crippen molar-refractivity contribution < 1.29 is 4.74 Å². The lowest BCUT2D eigenvalue weighted by molar-refractivity contribution is 0.460. The van der Waals surface area contributed by atoms with Gasteiger partial charge in [0.05, 0.1) is 0 Å². The van der Waals surface area contributed by atoms with Crippen molar-refractivity contribution in [2.45, 2.75) is 13.5 Å². The molecule has 0 saturated carbocycles. The highest BCUT2D eigenvalue weighted by Crippen LogP contribution is 2.22. The molecule has 0 spiro atoms. The molecule has 1 aromatic heterocycles. The van der Waals surface area contributed by atoms with Crippen LogP contribution in [0, 0.1) is 10.5 Å². The number of ether oxygens (including phenoxy) is 1. The van der Waals surface area contributed by atoms with Crippen LogP contribution in [0.5, 0.6) is 11.6 Å². The molecule has 3 nitrogen and oxygen atoms in total. The molecule has 0 bridgehead atoms. The summed E-state index contributed by atoms with van der Waals surface area (Å²) in [7, 11) is 0. The van der Waals surface area contributed by atoms with E-state index in [0.29, 0.717) is 12.4 Å². The van der Waals surface area contributed by atoms with Crippen molar-refractivity contribution in [3.05, 3.63) is 51.2 Å². The van der Waals surface area contributed by atoms with Gasteiger partial charge in [0.1, 0.15) is 5.75 Å². The topological polar surface area (TPSA) is 48.1 Å². The molecule has 1 aromatic carbocycles. The van der Waals surface area contributed by atoms with Gasteiger partial charge in [-0.1, -0.05) is 6.07 Å². The third kappa shape index (κ3) is 3.41. The molecule has 2 N–H and O–H groups in total. The Labute approximate surface area is 114 Å². The van der Waals surface area contributed by atoms with E-state index < -0.39 is 0 Å². The third-order valence-corrected chi connectivity index (χ3v) is 2.91. The van der Waals surface area contributed by atoms with E-state index >= 15 is 0 Å². The predicted octanol–water partition coefficient (Wildman–Crippen LogP) is 3.25. The van der Waals surface area contributed by atoms with Crippen molar-refractivity contribution in [1.82, 2.24) is 4.98 Å². The Morgan fingerprint density at radius 1 is 1.29 bits per heavy atom. The van der Waals surface area contributed by atoms with Crippen LogP contribution >= 0.6 is 22.6 Å². The summed E-state index contributed by atoms with van der Waals surface area (Å²) in [6, 6.07) is 11.7. The summed E-state index contributed by atoms with van der Waals surface area (Å²) < 4.78 is 6.84. The van der Waals surface area contributed by atoms with Gasteiger partial charge in [-0.05, 0) is 59.3 Å². The number of pyridine rings is 1. The summed E-state index contributed by atoms with van der Waals surface area (Å²) in [6.45, 7) is 2.42. The molecule has 0 radical (unpaired) electrons. The molecule has 2 rings (SSSR count). The van der Waals surface area contributed by atoms with Gasteiger partial charge in [0.2, 0.25) is 5.88 Å². The van der Waals surface area contributed by atoms with Crippen LogP contribution in [0.3, 0.4) is 0 Å². The largest absolute Gasteiger partial charge is 0.439 e. The minimum Gasteiger partial charge on any atom is -0.439 e. The van der Waals surface area contributed by atoms with E-state index in [1.807, 2.05) is 43.3 Å². The minimum absolute atomic E-state index is 0.492. The van der Waals surface area contributed by atoms with Gasteiger partial charge in [0.15, 0.2) is 0 Å². The summed E-state index contributed by atoms with van der Waals surface area (Å²) in [5.74, 6) is 1.38. The van der Waals surface area contributed by atoms with Crippen LogP contribution in [0.15, 0.2) is 36.4 Å². The molecule has 0 fully saturated rings. The molecule has 2 aromatic rings. The molecule has 0 saturated heterocycles. The maximum Gasteiger partial charge on any atom is 0.219 e. The molecular formula is C13H13IN2O. The van der Waals surface area contributed by atoms with E-state index in [2.05, 4.69) is 27.6 Å². The highest BCUT2D eigenvalue weighted by molar-refractivity contribution is 14.1. The number of nitrogens with two attached hydrogens (primary N) is 1. The Morgan fingerprint density at radius 3 is 2.82 bits per heavy atom. The Balaban J connectivity index is 2.26. The van der Waals surface area contributed by atoms with E-state index in [0.717, 1.165) is 20.6 Å². The monoisotopic (exact) mass is 340 g/mol. The molecule has 0 aliphatic carbocycles. The Morgan fingerprint density at radius 2 is 2.12 bits per heavy atom. The summed E-state index contributed by atoms with van der Waals surface area (Å²) in [4.78, 5) is 4.33. The second kappa shape index (κ2) is 5.46. The van der Waals surface area contributed by atoms with Crippen LogP contribution < -0.4 is 10.5 Å². The summed E-state index contributed by atoms with van der Waals surface area (Å²) in [6.07, 6.45) is 0. The Kier molecular flexibility index (Phi) is 3.96. The second-order valence-corrected chi connectivity index (χ2v) is 4.96. The van der Waals surface area contributed by atoms with Crippen molar-refractivity contribution in [2.24, 2.45) is 5.73 Å². The van der Waals surface area contributed by atoms with Crippen molar-refractivity contribution in [3.63, 3.8) is 0 Å². The highest BCUT2D eigenvalue weighted by Gasteiger charge is 2.02. The van der Waals surface area contributed by atoms with Crippen molar-refractivity contribution >= 4 is 22.6 Å². The van der Waals surface area contributed by atoms with Crippen LogP contribution in [0.2, 0.25) is 0 Å². The number of aryl methyl sites for hydroxylation is 1. The van der Waals surface area contributed by atoms with Gasteiger partial charge in [-0.3, -0.25) is 0 Å². The van der Waals surface area contributed by atoms with Crippen LogP contribution in [-0.2, 0) is 6.54 Å². The van der Waals surface area contributed by atoms with E-state index in [4.69, 9.17) is 10.5 Å². The number of aromatic nitrogens is 1. The molecule has 0 atom stereocenters. The van der Waals surface area contributed by atoms with Gasteiger partial charge < -0.3 is 10.5 Å². The molecule has 0 aliphatic heterocycles. The molecule has 17 heavy (non-hydrogen) atoms. The van der Waals surface area contributed by atoms with Crippen LogP contribution in [0.25, 0.3) is 0 Å². The molecule has 0 amide bonds. The second-order valence-electron chi connectivity index (χ2n) is 3.72. The molecule has 1 heterocycles. The van der Waals surface area contributed by atoms with Gasteiger partial charge in [0.25, 0.3) is 0 Å². The van der Waals surface area contributed by atoms with Crippen molar-refractivity contribution in [1.29, 1.82) is 0 Å². The fraction of sp³-hybridized carbons (Fsp3) is 0.154. The van der Waals surface area contributed by atoms with Crippen LogP contribution in [0.1, 0.15) is 11.3 Å². The van der Waals surface area contributed by atoms with E-state index in [-0.39, 0.29) is 0 Å². The van der Waals surface area contributed by atoms with Crippen LogP contribution in [0.4, 0.5) is 0 Å². The smallest absolute Gasteiger partial charge is 0.219 e. The van der Waals surface area contributed by atoms with Crippen molar-refractivity contribution in [3.8, 4) is 11.6 Å². The minimum atomic E-state index is 0.492. The number of nitrogens with zero attached hydrogens (tertiary/aromatic N) is 1. The SMILES string of the molecule is Cc1cc(CN)cc(Oc2cccc(I)c2)n1. The normalized spacial score (nSPS) is 10.3. The van der Waals surface area contributed by atoms with Crippen LogP contribution in [-0.4, -0.2) is 4.98 Å². The van der Waals surface area contributed by atoms with Gasteiger partial charge >= 0.3 is 0 Å². The predicted molar refractivity (Wildman–Crippen MR) is 76.1 cm³/mol. The lowest BCUT2D eigenvalue weighted by Crippen LogP contribution is -1.99. The molecular weight excluding hydrogens is 327 g/mol. The zero-order valence-electron chi connectivity index (χ0n) is 9.48. The first-order valence-corrected chi connectivity index (χ1v) is 6.36. The number of hydrogen-bond acceptors (Lipinski definition) is 3. The Bertz CT molecular complexity index is 529.